The second-order valence-corrected chi connectivity index (χ2v) is 7.40. The fraction of sp³-hybridized carbons (Fsp3) is 0.208. The van der Waals surface area contributed by atoms with Crippen LogP contribution in [-0.4, -0.2) is 21.7 Å². The van der Waals surface area contributed by atoms with E-state index in [1.54, 1.807) is 6.08 Å². The third-order valence-electron chi connectivity index (χ3n) is 4.88. The van der Waals surface area contributed by atoms with Gasteiger partial charge < -0.3 is 5.32 Å². The molecule has 0 unspecified atom stereocenters. The molecule has 4 rings (SSSR count). The molecule has 0 bridgehead atoms. The number of nitrogens with one attached hydrogen (secondary N) is 1. The molecule has 1 aliphatic carbocycles. The molecule has 1 aromatic heterocycles. The van der Waals surface area contributed by atoms with E-state index in [0.29, 0.717) is 6.54 Å². The van der Waals surface area contributed by atoms with Crippen molar-refractivity contribution in [2.45, 2.75) is 32.4 Å². The molecule has 0 atom stereocenters. The molecular formula is C24H22N4O. The van der Waals surface area contributed by atoms with Gasteiger partial charge in [0.1, 0.15) is 11.6 Å². The number of carbonyl (C=O) groups excluding carboxylic acids is 1. The number of carbonyl (C=O) groups is 1. The van der Waals surface area contributed by atoms with Gasteiger partial charge in [-0.1, -0.05) is 60.2 Å². The Labute approximate surface area is 170 Å². The number of benzene rings is 2. The summed E-state index contributed by atoms with van der Waals surface area (Å²) in [5, 5.41) is 17.2. The Morgan fingerprint density at radius 1 is 1.21 bits per heavy atom. The van der Waals surface area contributed by atoms with Crippen LogP contribution >= 0.6 is 0 Å². The van der Waals surface area contributed by atoms with Gasteiger partial charge in [0.15, 0.2) is 0 Å². The summed E-state index contributed by atoms with van der Waals surface area (Å²) in [4.78, 5) is 12.4. The lowest BCUT2D eigenvalue weighted by Gasteiger charge is -2.03. The molecule has 0 radical (unpaired) electrons. The van der Waals surface area contributed by atoms with Gasteiger partial charge in [-0.2, -0.15) is 10.4 Å². The van der Waals surface area contributed by atoms with Crippen molar-refractivity contribution < 1.29 is 4.79 Å². The quantitative estimate of drug-likeness (QED) is 0.516. The molecule has 0 spiro atoms. The van der Waals surface area contributed by atoms with E-state index in [1.165, 1.54) is 0 Å². The van der Waals surface area contributed by atoms with Crippen molar-refractivity contribution in [1.82, 2.24) is 15.1 Å². The standard InChI is InChI=1S/C24H22N4O/c1-17-7-9-19(10-8-17)23-21(13-20(14-25)24(29)26-22-11-12-22)16-28(27-23)15-18-5-3-2-4-6-18/h2-10,13,16,22H,11-12,15H2,1H3,(H,26,29)/b20-13+. The van der Waals surface area contributed by atoms with Crippen molar-refractivity contribution in [3.8, 4) is 17.3 Å². The van der Waals surface area contributed by atoms with E-state index in [4.69, 9.17) is 5.10 Å². The number of amides is 1. The highest BCUT2D eigenvalue weighted by atomic mass is 16.1. The van der Waals surface area contributed by atoms with E-state index >= 15 is 0 Å². The Bertz CT molecular complexity index is 1080. The van der Waals surface area contributed by atoms with Gasteiger partial charge in [-0.25, -0.2) is 0 Å². The van der Waals surface area contributed by atoms with Crippen LogP contribution in [-0.2, 0) is 11.3 Å². The molecule has 1 amide bonds. The zero-order valence-electron chi connectivity index (χ0n) is 16.3. The number of hydrogen-bond donors (Lipinski definition) is 1. The van der Waals surface area contributed by atoms with Crippen molar-refractivity contribution in [3.63, 3.8) is 0 Å². The van der Waals surface area contributed by atoms with E-state index in [9.17, 15) is 10.1 Å². The first-order valence-electron chi connectivity index (χ1n) is 9.73. The lowest BCUT2D eigenvalue weighted by molar-refractivity contribution is -0.117. The van der Waals surface area contributed by atoms with Crippen molar-refractivity contribution in [2.75, 3.05) is 0 Å². The van der Waals surface area contributed by atoms with E-state index in [1.807, 2.05) is 78.5 Å². The lowest BCUT2D eigenvalue weighted by Crippen LogP contribution is -2.26. The molecule has 5 heteroatoms. The van der Waals surface area contributed by atoms with E-state index in [0.717, 1.165) is 40.8 Å². The number of rotatable bonds is 6. The monoisotopic (exact) mass is 382 g/mol. The molecule has 2 aromatic carbocycles. The van der Waals surface area contributed by atoms with Gasteiger partial charge in [0.2, 0.25) is 0 Å². The van der Waals surface area contributed by atoms with Crippen LogP contribution in [0.4, 0.5) is 0 Å². The minimum absolute atomic E-state index is 0.101. The molecule has 1 N–H and O–H groups in total. The predicted octanol–water partition coefficient (Wildman–Crippen LogP) is 4.09. The first-order chi connectivity index (χ1) is 14.1. The Morgan fingerprint density at radius 2 is 1.93 bits per heavy atom. The first kappa shape index (κ1) is 18.7. The fourth-order valence-corrected chi connectivity index (χ4v) is 3.12. The Morgan fingerprint density at radius 3 is 2.59 bits per heavy atom. The van der Waals surface area contributed by atoms with Crippen molar-refractivity contribution in [2.24, 2.45) is 0 Å². The summed E-state index contributed by atoms with van der Waals surface area (Å²) in [5.41, 5.74) is 4.86. The van der Waals surface area contributed by atoms with Gasteiger partial charge in [0.25, 0.3) is 5.91 Å². The Kier molecular flexibility index (Phi) is 5.26. The average molecular weight is 382 g/mol. The molecule has 1 aliphatic rings. The highest BCUT2D eigenvalue weighted by Gasteiger charge is 2.25. The third-order valence-corrected chi connectivity index (χ3v) is 4.88. The van der Waals surface area contributed by atoms with Crippen LogP contribution in [0.1, 0.15) is 29.5 Å². The van der Waals surface area contributed by atoms with Crippen LogP contribution in [0.15, 0.2) is 66.4 Å². The zero-order chi connectivity index (χ0) is 20.2. The summed E-state index contributed by atoms with van der Waals surface area (Å²) in [5.74, 6) is -0.319. The van der Waals surface area contributed by atoms with E-state index < -0.39 is 0 Å². The highest BCUT2D eigenvalue weighted by Crippen LogP contribution is 2.26. The number of nitrogens with zero attached hydrogens (tertiary/aromatic N) is 3. The number of aryl methyl sites for hydroxylation is 1. The molecule has 3 aromatic rings. The SMILES string of the molecule is Cc1ccc(-c2nn(Cc3ccccc3)cc2/C=C(\C#N)C(=O)NC2CC2)cc1. The summed E-state index contributed by atoms with van der Waals surface area (Å²) in [6.45, 7) is 2.65. The smallest absolute Gasteiger partial charge is 0.262 e. The molecule has 5 nitrogen and oxygen atoms in total. The largest absolute Gasteiger partial charge is 0.349 e. The normalized spacial score (nSPS) is 13.7. The summed E-state index contributed by atoms with van der Waals surface area (Å²) < 4.78 is 1.85. The van der Waals surface area contributed by atoms with Gasteiger partial charge in [-0.05, 0) is 31.4 Å². The second-order valence-electron chi connectivity index (χ2n) is 7.40. The third kappa shape index (κ3) is 4.61. The van der Waals surface area contributed by atoms with E-state index in [2.05, 4.69) is 5.32 Å². The minimum atomic E-state index is -0.319. The summed E-state index contributed by atoms with van der Waals surface area (Å²) >= 11 is 0. The predicted molar refractivity (Wildman–Crippen MR) is 113 cm³/mol. The summed E-state index contributed by atoms with van der Waals surface area (Å²) in [6.07, 6.45) is 5.49. The van der Waals surface area contributed by atoms with Gasteiger partial charge in [-0.3, -0.25) is 9.48 Å². The van der Waals surface area contributed by atoms with Crippen LogP contribution in [0, 0.1) is 18.3 Å². The molecule has 1 saturated carbocycles. The lowest BCUT2D eigenvalue weighted by atomic mass is 10.0. The maximum Gasteiger partial charge on any atom is 0.262 e. The minimum Gasteiger partial charge on any atom is -0.349 e. The Hall–Kier alpha value is -3.65. The molecule has 1 heterocycles. The van der Waals surface area contributed by atoms with Crippen molar-refractivity contribution in [3.05, 3.63) is 83.1 Å². The second kappa shape index (κ2) is 8.15. The summed E-state index contributed by atoms with van der Waals surface area (Å²) in [6, 6.07) is 20.4. The molecule has 29 heavy (non-hydrogen) atoms. The van der Waals surface area contributed by atoms with Gasteiger partial charge >= 0.3 is 0 Å². The number of aromatic nitrogens is 2. The molecule has 0 aliphatic heterocycles. The van der Waals surface area contributed by atoms with Crippen LogP contribution in [0.2, 0.25) is 0 Å². The maximum atomic E-state index is 12.4. The van der Waals surface area contributed by atoms with E-state index in [-0.39, 0.29) is 17.5 Å². The highest BCUT2D eigenvalue weighted by molar-refractivity contribution is 6.02. The molecule has 144 valence electrons. The van der Waals surface area contributed by atoms with Crippen LogP contribution in [0.25, 0.3) is 17.3 Å². The molecule has 0 saturated heterocycles. The van der Waals surface area contributed by atoms with Crippen LogP contribution < -0.4 is 5.32 Å². The number of hydrogen-bond acceptors (Lipinski definition) is 3. The zero-order valence-corrected chi connectivity index (χ0v) is 16.3. The van der Waals surface area contributed by atoms with Crippen LogP contribution in [0.3, 0.4) is 0 Å². The fourth-order valence-electron chi connectivity index (χ4n) is 3.12. The van der Waals surface area contributed by atoms with Gasteiger partial charge in [0, 0.05) is 23.4 Å². The van der Waals surface area contributed by atoms with Gasteiger partial charge in [0.05, 0.1) is 12.2 Å². The number of nitriles is 1. The Balaban J connectivity index is 1.71. The molecular weight excluding hydrogens is 360 g/mol. The van der Waals surface area contributed by atoms with Crippen molar-refractivity contribution >= 4 is 12.0 Å². The first-order valence-corrected chi connectivity index (χ1v) is 9.73. The topological polar surface area (TPSA) is 70.7 Å². The van der Waals surface area contributed by atoms with Crippen molar-refractivity contribution in [1.29, 1.82) is 5.26 Å². The summed E-state index contributed by atoms with van der Waals surface area (Å²) in [7, 11) is 0. The van der Waals surface area contributed by atoms with Crippen LogP contribution in [0.5, 0.6) is 0 Å². The van der Waals surface area contributed by atoms with Gasteiger partial charge in [-0.15, -0.1) is 0 Å². The maximum absolute atomic E-state index is 12.4. The molecule has 1 fully saturated rings. The average Bonchev–Trinajstić information content (AvgIpc) is 3.46.